The molecule has 2 saturated heterocycles. The van der Waals surface area contributed by atoms with E-state index in [-0.39, 0.29) is 11.7 Å². The summed E-state index contributed by atoms with van der Waals surface area (Å²) in [7, 11) is 0. The molecule has 2 fully saturated rings. The Labute approximate surface area is 125 Å². The number of aromatic nitrogens is 1. The highest BCUT2D eigenvalue weighted by Gasteiger charge is 2.31. The van der Waals surface area contributed by atoms with E-state index in [9.17, 15) is 4.79 Å². The first kappa shape index (κ1) is 14.1. The Morgan fingerprint density at radius 3 is 2.85 bits per heavy atom. The molecule has 108 valence electrons. The minimum Gasteiger partial charge on any atom is -0.300 e. The van der Waals surface area contributed by atoms with E-state index in [0.29, 0.717) is 11.7 Å². The molecule has 2 aliphatic heterocycles. The molecule has 1 aromatic rings. The zero-order valence-electron chi connectivity index (χ0n) is 11.8. The normalized spacial score (nSPS) is 25.5. The molecule has 3 rings (SSSR count). The molecule has 0 radical (unpaired) electrons. The highest BCUT2D eigenvalue weighted by molar-refractivity contribution is 7.99. The lowest BCUT2D eigenvalue weighted by atomic mass is 9.90. The summed E-state index contributed by atoms with van der Waals surface area (Å²) in [6, 6.07) is 6.32. The third-order valence-corrected chi connectivity index (χ3v) is 5.50. The highest BCUT2D eigenvalue weighted by atomic mass is 32.2. The number of thioether (sulfide) groups is 1. The number of nitrogens with zero attached hydrogens (tertiary/aromatic N) is 2. The predicted octanol–water partition coefficient (Wildman–Crippen LogP) is 2.87. The van der Waals surface area contributed by atoms with Crippen LogP contribution in [-0.4, -0.2) is 46.3 Å². The van der Waals surface area contributed by atoms with Gasteiger partial charge in [-0.05, 0) is 55.9 Å². The second-order valence-corrected chi connectivity index (χ2v) is 6.98. The monoisotopic (exact) mass is 290 g/mol. The van der Waals surface area contributed by atoms with Crippen molar-refractivity contribution in [2.75, 3.05) is 24.6 Å². The number of piperidine rings is 1. The van der Waals surface area contributed by atoms with E-state index >= 15 is 0 Å². The molecule has 0 saturated carbocycles. The summed E-state index contributed by atoms with van der Waals surface area (Å²) in [4.78, 5) is 19.3. The van der Waals surface area contributed by atoms with Crippen LogP contribution >= 0.6 is 11.8 Å². The molecule has 1 atom stereocenters. The Kier molecular flexibility index (Phi) is 4.73. The fourth-order valence-electron chi connectivity index (χ4n) is 3.32. The lowest BCUT2D eigenvalue weighted by Gasteiger charge is -2.39. The summed E-state index contributed by atoms with van der Waals surface area (Å²) in [5.41, 5.74) is 0.638. The van der Waals surface area contributed by atoms with Crippen LogP contribution in [0.3, 0.4) is 0 Å². The Balaban J connectivity index is 1.64. The van der Waals surface area contributed by atoms with Gasteiger partial charge in [0.25, 0.3) is 0 Å². The lowest BCUT2D eigenvalue weighted by molar-refractivity contribution is 0.0736. The second kappa shape index (κ2) is 6.72. The van der Waals surface area contributed by atoms with Gasteiger partial charge in [0.2, 0.25) is 0 Å². The first-order valence-corrected chi connectivity index (χ1v) is 8.77. The van der Waals surface area contributed by atoms with E-state index in [1.54, 1.807) is 6.20 Å². The van der Waals surface area contributed by atoms with Gasteiger partial charge in [0.15, 0.2) is 5.78 Å². The van der Waals surface area contributed by atoms with Crippen LogP contribution in [0.5, 0.6) is 0 Å². The Morgan fingerprint density at radius 1 is 1.25 bits per heavy atom. The zero-order valence-corrected chi connectivity index (χ0v) is 12.6. The SMILES string of the molecule is O=C(c1ccccn1)[C@H]1CCCN(C2CCSCC2)C1. The number of rotatable bonds is 3. The summed E-state index contributed by atoms with van der Waals surface area (Å²) >= 11 is 2.06. The third-order valence-electron chi connectivity index (χ3n) is 4.45. The van der Waals surface area contributed by atoms with E-state index in [4.69, 9.17) is 0 Å². The number of hydrogen-bond donors (Lipinski definition) is 0. The molecular weight excluding hydrogens is 268 g/mol. The first-order valence-electron chi connectivity index (χ1n) is 7.61. The topological polar surface area (TPSA) is 33.2 Å². The van der Waals surface area contributed by atoms with Gasteiger partial charge in [0.1, 0.15) is 5.69 Å². The molecule has 1 aromatic heterocycles. The fourth-order valence-corrected chi connectivity index (χ4v) is 4.40. The Bertz CT molecular complexity index is 445. The van der Waals surface area contributed by atoms with E-state index in [0.717, 1.165) is 19.4 Å². The quantitative estimate of drug-likeness (QED) is 0.802. The van der Waals surface area contributed by atoms with E-state index in [1.165, 1.54) is 30.9 Å². The number of ketones is 1. The van der Waals surface area contributed by atoms with E-state index < -0.39 is 0 Å². The molecule has 0 bridgehead atoms. The van der Waals surface area contributed by atoms with Crippen molar-refractivity contribution in [3.05, 3.63) is 30.1 Å². The van der Waals surface area contributed by atoms with Gasteiger partial charge in [0.05, 0.1) is 0 Å². The van der Waals surface area contributed by atoms with Crippen molar-refractivity contribution in [2.45, 2.75) is 31.7 Å². The van der Waals surface area contributed by atoms with Gasteiger partial charge in [-0.15, -0.1) is 0 Å². The fraction of sp³-hybridized carbons (Fsp3) is 0.625. The molecule has 2 aliphatic rings. The lowest BCUT2D eigenvalue weighted by Crippen LogP contribution is -2.46. The van der Waals surface area contributed by atoms with Gasteiger partial charge < -0.3 is 0 Å². The molecule has 3 heterocycles. The number of carbonyl (C=O) groups is 1. The van der Waals surface area contributed by atoms with Crippen molar-refractivity contribution in [3.8, 4) is 0 Å². The highest BCUT2D eigenvalue weighted by Crippen LogP contribution is 2.27. The van der Waals surface area contributed by atoms with Crippen molar-refractivity contribution >= 4 is 17.5 Å². The number of pyridine rings is 1. The van der Waals surface area contributed by atoms with Gasteiger partial charge in [-0.25, -0.2) is 0 Å². The number of carbonyl (C=O) groups excluding carboxylic acids is 1. The van der Waals surface area contributed by atoms with Crippen LogP contribution < -0.4 is 0 Å². The van der Waals surface area contributed by atoms with Crippen molar-refractivity contribution in [2.24, 2.45) is 5.92 Å². The largest absolute Gasteiger partial charge is 0.300 e. The zero-order chi connectivity index (χ0) is 13.8. The predicted molar refractivity (Wildman–Crippen MR) is 83.2 cm³/mol. The van der Waals surface area contributed by atoms with Gasteiger partial charge in [-0.2, -0.15) is 11.8 Å². The number of hydrogen-bond acceptors (Lipinski definition) is 4. The summed E-state index contributed by atoms with van der Waals surface area (Å²) in [5.74, 6) is 2.94. The van der Waals surface area contributed by atoms with Crippen LogP contribution in [0.25, 0.3) is 0 Å². The number of likely N-dealkylation sites (tertiary alicyclic amines) is 1. The van der Waals surface area contributed by atoms with Crippen LogP contribution in [0.1, 0.15) is 36.2 Å². The summed E-state index contributed by atoms with van der Waals surface area (Å²) in [5, 5.41) is 0. The maximum Gasteiger partial charge on any atom is 0.185 e. The molecule has 4 heteroatoms. The van der Waals surface area contributed by atoms with E-state index in [1.807, 2.05) is 18.2 Å². The van der Waals surface area contributed by atoms with Gasteiger partial charge >= 0.3 is 0 Å². The molecule has 0 aliphatic carbocycles. The van der Waals surface area contributed by atoms with Crippen LogP contribution in [0.4, 0.5) is 0 Å². The molecular formula is C16H22N2OS. The average molecular weight is 290 g/mol. The molecule has 20 heavy (non-hydrogen) atoms. The van der Waals surface area contributed by atoms with E-state index in [2.05, 4.69) is 21.6 Å². The Morgan fingerprint density at radius 2 is 2.10 bits per heavy atom. The summed E-state index contributed by atoms with van der Waals surface area (Å²) in [6.45, 7) is 2.10. The maximum absolute atomic E-state index is 12.5. The van der Waals surface area contributed by atoms with Crippen molar-refractivity contribution in [1.82, 2.24) is 9.88 Å². The first-order chi connectivity index (χ1) is 9.84. The standard InChI is InChI=1S/C16H22N2OS/c19-16(15-5-1-2-8-17-15)13-4-3-9-18(12-13)14-6-10-20-11-7-14/h1-2,5,8,13-14H,3-4,6-7,9-12H2/t13-/m0/s1. The van der Waals surface area contributed by atoms with Gasteiger partial charge in [-0.3, -0.25) is 14.7 Å². The minimum atomic E-state index is 0.147. The smallest absolute Gasteiger partial charge is 0.185 e. The molecule has 0 N–H and O–H groups in total. The van der Waals surface area contributed by atoms with Crippen molar-refractivity contribution in [3.63, 3.8) is 0 Å². The van der Waals surface area contributed by atoms with Gasteiger partial charge in [-0.1, -0.05) is 6.07 Å². The third kappa shape index (κ3) is 3.23. The van der Waals surface area contributed by atoms with Gasteiger partial charge in [0, 0.05) is 24.7 Å². The van der Waals surface area contributed by atoms with Crippen LogP contribution in [0.2, 0.25) is 0 Å². The average Bonchev–Trinajstić information content (AvgIpc) is 2.56. The van der Waals surface area contributed by atoms with Crippen LogP contribution in [-0.2, 0) is 0 Å². The second-order valence-electron chi connectivity index (χ2n) is 5.76. The molecule has 3 nitrogen and oxygen atoms in total. The minimum absolute atomic E-state index is 0.147. The number of Topliss-reactive ketones (excluding diaryl/α,β-unsaturated/α-hetero) is 1. The van der Waals surface area contributed by atoms with Crippen LogP contribution in [0.15, 0.2) is 24.4 Å². The molecule has 0 aromatic carbocycles. The Hall–Kier alpha value is -0.870. The summed E-state index contributed by atoms with van der Waals surface area (Å²) in [6.07, 6.45) is 6.46. The molecule has 0 unspecified atom stereocenters. The molecule has 0 spiro atoms. The summed E-state index contributed by atoms with van der Waals surface area (Å²) < 4.78 is 0. The molecule has 0 amide bonds. The van der Waals surface area contributed by atoms with Crippen LogP contribution in [0, 0.1) is 5.92 Å². The van der Waals surface area contributed by atoms with Crippen molar-refractivity contribution in [1.29, 1.82) is 0 Å². The van der Waals surface area contributed by atoms with Crippen molar-refractivity contribution < 1.29 is 4.79 Å². The maximum atomic E-state index is 12.5.